The average molecular weight is 658 g/mol. The van der Waals surface area contributed by atoms with E-state index >= 15 is 0 Å². The Morgan fingerprint density at radius 3 is 2.55 bits per heavy atom. The third-order valence-corrected chi connectivity index (χ3v) is 9.20. The molecule has 3 heterocycles. The van der Waals surface area contributed by atoms with E-state index in [0.29, 0.717) is 17.4 Å². The number of rotatable bonds is 10. The van der Waals surface area contributed by atoms with Crippen LogP contribution in [0.3, 0.4) is 0 Å². The predicted octanol–water partition coefficient (Wildman–Crippen LogP) is 2.61. The Hall–Kier alpha value is -5.21. The van der Waals surface area contributed by atoms with E-state index in [9.17, 15) is 19.2 Å². The van der Waals surface area contributed by atoms with Gasteiger partial charge in [-0.1, -0.05) is 65.9 Å². The van der Waals surface area contributed by atoms with Crippen LogP contribution in [0.1, 0.15) is 16.7 Å². The number of esters is 1. The minimum absolute atomic E-state index is 0.0595. The van der Waals surface area contributed by atoms with Crippen molar-refractivity contribution in [2.75, 3.05) is 39.6 Å². The zero-order valence-electron chi connectivity index (χ0n) is 26.0. The van der Waals surface area contributed by atoms with E-state index in [0.717, 1.165) is 26.9 Å². The fraction of sp³-hybridized carbons (Fsp3) is 0.303. The molecule has 6 rings (SSSR count). The van der Waals surface area contributed by atoms with Gasteiger partial charge in [0.05, 0.1) is 30.4 Å². The van der Waals surface area contributed by atoms with E-state index in [-0.39, 0.29) is 50.5 Å². The summed E-state index contributed by atoms with van der Waals surface area (Å²) in [6.07, 6.45) is -0.347. The number of para-hydroxylation sites is 1. The summed E-state index contributed by atoms with van der Waals surface area (Å²) < 4.78 is 11.0. The Labute approximate surface area is 275 Å². The van der Waals surface area contributed by atoms with Gasteiger partial charge in [0, 0.05) is 26.6 Å². The van der Waals surface area contributed by atoms with Crippen LogP contribution in [0.2, 0.25) is 0 Å². The van der Waals surface area contributed by atoms with Crippen LogP contribution in [0.5, 0.6) is 5.75 Å². The molecule has 0 radical (unpaired) electrons. The predicted molar refractivity (Wildman–Crippen MR) is 175 cm³/mol. The maximum atomic E-state index is 14.2. The fourth-order valence-electron chi connectivity index (χ4n) is 5.96. The first-order valence-corrected chi connectivity index (χ1v) is 15.9. The molecule has 2 fully saturated rings. The average Bonchev–Trinajstić information content (AvgIpc) is 3.63. The Balaban J connectivity index is 1.25. The van der Waals surface area contributed by atoms with Crippen molar-refractivity contribution in [3.05, 3.63) is 89.5 Å². The lowest BCUT2D eigenvalue weighted by Crippen LogP contribution is -2.65. The summed E-state index contributed by atoms with van der Waals surface area (Å²) in [5.41, 5.74) is 9.33. The molecule has 47 heavy (non-hydrogen) atoms. The molecular formula is C33H35N7O6S. The molecule has 2 saturated heterocycles. The molecule has 3 aromatic carbocycles. The molecular weight excluding hydrogens is 622 g/mol. The number of benzene rings is 3. The quantitative estimate of drug-likeness (QED) is 0.245. The number of urea groups is 1. The van der Waals surface area contributed by atoms with Crippen LogP contribution in [-0.2, 0) is 38.6 Å². The molecule has 2 atom stereocenters. The number of nitrogens with zero attached hydrogens (tertiary/aromatic N) is 5. The van der Waals surface area contributed by atoms with Gasteiger partial charge in [-0.15, -0.1) is 0 Å². The van der Waals surface area contributed by atoms with E-state index in [2.05, 4.69) is 15.0 Å². The second-order valence-electron chi connectivity index (χ2n) is 11.3. The smallest absolute Gasteiger partial charge is 0.343 e. The molecule has 3 N–H and O–H groups in total. The lowest BCUT2D eigenvalue weighted by molar-refractivity contribution is -0.157. The van der Waals surface area contributed by atoms with Crippen molar-refractivity contribution in [1.82, 2.24) is 30.1 Å². The number of nitrogen functional groups attached to an aromatic ring is 1. The molecule has 4 amide bonds. The summed E-state index contributed by atoms with van der Waals surface area (Å²) in [5, 5.41) is 6.49. The largest absolute Gasteiger partial charge is 0.482 e. The summed E-state index contributed by atoms with van der Waals surface area (Å²) in [4.78, 5) is 60.4. The van der Waals surface area contributed by atoms with E-state index in [1.54, 1.807) is 46.1 Å². The van der Waals surface area contributed by atoms with Gasteiger partial charge in [0.25, 0.3) is 0 Å². The highest BCUT2D eigenvalue weighted by Crippen LogP contribution is 2.32. The molecule has 2 aliphatic rings. The first-order chi connectivity index (χ1) is 22.7. The number of amides is 4. The number of fused-ring (bicyclic) bond motifs is 2. The molecule has 2 aliphatic heterocycles. The minimum Gasteiger partial charge on any atom is -0.482 e. The van der Waals surface area contributed by atoms with E-state index in [4.69, 9.17) is 10.5 Å². The molecule has 0 saturated carbocycles. The van der Waals surface area contributed by atoms with Gasteiger partial charge < -0.3 is 30.3 Å². The first kappa shape index (κ1) is 31.8. The molecule has 4 aromatic rings. The number of thiazole rings is 1. The van der Waals surface area contributed by atoms with Crippen molar-refractivity contribution >= 4 is 50.5 Å². The normalized spacial score (nSPS) is 17.9. The molecule has 0 spiro atoms. The second-order valence-corrected chi connectivity index (χ2v) is 12.4. The zero-order valence-corrected chi connectivity index (χ0v) is 26.8. The highest BCUT2D eigenvalue weighted by Gasteiger charge is 2.51. The van der Waals surface area contributed by atoms with E-state index in [1.807, 2.05) is 48.5 Å². The van der Waals surface area contributed by atoms with Crippen LogP contribution >= 0.6 is 11.3 Å². The summed E-state index contributed by atoms with van der Waals surface area (Å²) in [6.45, 7) is 0.485. The third kappa shape index (κ3) is 6.83. The number of piperazine rings is 1. The first-order valence-electron chi connectivity index (χ1n) is 15.1. The molecule has 0 unspecified atom stereocenters. The number of anilines is 1. The van der Waals surface area contributed by atoms with Crippen molar-refractivity contribution in [2.45, 2.75) is 31.7 Å². The number of hydrazine groups is 1. The summed E-state index contributed by atoms with van der Waals surface area (Å²) in [7, 11) is 2.91. The van der Waals surface area contributed by atoms with Gasteiger partial charge in [-0.3, -0.25) is 14.6 Å². The van der Waals surface area contributed by atoms with Gasteiger partial charge in [0.15, 0.2) is 11.7 Å². The molecule has 1 aromatic heterocycles. The Morgan fingerprint density at radius 2 is 1.81 bits per heavy atom. The van der Waals surface area contributed by atoms with Crippen LogP contribution in [0.4, 0.5) is 9.93 Å². The Kier molecular flexibility index (Phi) is 9.22. The second kappa shape index (κ2) is 13.6. The molecule has 0 bridgehead atoms. The third-order valence-electron chi connectivity index (χ3n) is 8.35. The van der Waals surface area contributed by atoms with E-state index < -0.39 is 18.2 Å². The van der Waals surface area contributed by atoms with Gasteiger partial charge in [-0.2, -0.15) is 5.01 Å². The Bertz CT molecular complexity index is 1780. The van der Waals surface area contributed by atoms with Crippen molar-refractivity contribution in [2.24, 2.45) is 0 Å². The monoisotopic (exact) mass is 657 g/mol. The van der Waals surface area contributed by atoms with Crippen LogP contribution in [0, 0.1) is 0 Å². The lowest BCUT2D eigenvalue weighted by Gasteiger charge is -2.45. The molecule has 13 nitrogen and oxygen atoms in total. The number of hydrogen-bond acceptors (Lipinski definition) is 10. The van der Waals surface area contributed by atoms with Crippen LogP contribution < -0.4 is 15.8 Å². The van der Waals surface area contributed by atoms with Gasteiger partial charge in [0.1, 0.15) is 18.0 Å². The van der Waals surface area contributed by atoms with Gasteiger partial charge >= 0.3 is 12.0 Å². The molecule has 244 valence electrons. The van der Waals surface area contributed by atoms with Gasteiger partial charge in [0.2, 0.25) is 11.8 Å². The standard InChI is InChI=1S/C33H35N7O6S/c1-37(33(44)35-16-22-7-4-3-5-8-22)39-19-28(41)40-25(15-21-11-13-24(14-12-21)46-20-29(42)45-2)31(43)38(18-27(39)40)17-23-9-6-10-26-30(23)36-32(34)47-26/h3-14,25,27H,15-20H2,1-2H3,(H2,34,36)(H,35,44)/t25-,27+/m0/s1. The van der Waals surface area contributed by atoms with Gasteiger partial charge in [-0.25, -0.2) is 14.6 Å². The topological polar surface area (TPSA) is 151 Å². The van der Waals surface area contributed by atoms with Crippen molar-refractivity contribution in [3.8, 4) is 5.75 Å². The highest BCUT2D eigenvalue weighted by atomic mass is 32.1. The number of nitrogens with one attached hydrogen (secondary N) is 1. The van der Waals surface area contributed by atoms with Crippen molar-refractivity contribution in [1.29, 1.82) is 0 Å². The summed E-state index contributed by atoms with van der Waals surface area (Å²) in [5.74, 6) is -0.488. The van der Waals surface area contributed by atoms with Crippen LogP contribution in [0.25, 0.3) is 10.2 Å². The lowest BCUT2D eigenvalue weighted by atomic mass is 9.99. The molecule has 14 heteroatoms. The number of nitrogens with two attached hydrogens (primary N) is 1. The number of ether oxygens (including phenoxy) is 2. The van der Waals surface area contributed by atoms with Crippen LogP contribution in [0.15, 0.2) is 72.8 Å². The highest BCUT2D eigenvalue weighted by molar-refractivity contribution is 7.22. The number of carbonyl (C=O) groups is 4. The fourth-order valence-corrected chi connectivity index (χ4v) is 6.74. The molecule has 0 aliphatic carbocycles. The Morgan fingerprint density at radius 1 is 1.04 bits per heavy atom. The number of methoxy groups -OCH3 is 1. The maximum absolute atomic E-state index is 14.2. The van der Waals surface area contributed by atoms with Crippen molar-refractivity contribution in [3.63, 3.8) is 0 Å². The maximum Gasteiger partial charge on any atom is 0.343 e. The SMILES string of the molecule is COC(=O)COc1ccc(C[C@H]2C(=O)N(Cc3cccc4sc(N)nc34)C[C@H]3N2C(=O)CN3N(C)C(=O)NCc2ccccc2)cc1. The summed E-state index contributed by atoms with van der Waals surface area (Å²) in [6, 6.07) is 21.1. The van der Waals surface area contributed by atoms with Crippen molar-refractivity contribution < 1.29 is 28.7 Å². The number of carbonyl (C=O) groups excluding carboxylic acids is 4. The zero-order chi connectivity index (χ0) is 33.1. The number of hydrogen-bond donors (Lipinski definition) is 2. The number of aromatic nitrogens is 1. The minimum atomic E-state index is -0.825. The van der Waals surface area contributed by atoms with Crippen LogP contribution in [-0.4, -0.2) is 94.7 Å². The van der Waals surface area contributed by atoms with E-state index in [1.165, 1.54) is 23.5 Å². The summed E-state index contributed by atoms with van der Waals surface area (Å²) >= 11 is 1.38. The van der Waals surface area contributed by atoms with Gasteiger partial charge in [-0.05, 0) is 34.9 Å².